The smallest absolute Gasteiger partial charge is 0.0683 e. The van der Waals surface area contributed by atoms with Gasteiger partial charge in [0.1, 0.15) is 0 Å². The van der Waals surface area contributed by atoms with E-state index in [9.17, 15) is 0 Å². The second kappa shape index (κ2) is 7.90. The summed E-state index contributed by atoms with van der Waals surface area (Å²) >= 11 is 0. The van der Waals surface area contributed by atoms with Gasteiger partial charge in [-0.15, -0.1) is 0 Å². The molecule has 0 aromatic carbocycles. The molecule has 1 heterocycles. The minimum Gasteiger partial charge on any atom is -0.303 e. The summed E-state index contributed by atoms with van der Waals surface area (Å²) in [5.41, 5.74) is -0.137. The number of hydrogen-bond acceptors (Lipinski definition) is 2. The van der Waals surface area contributed by atoms with Crippen LogP contribution in [-0.4, -0.2) is 24.5 Å². The van der Waals surface area contributed by atoms with Gasteiger partial charge in [0, 0.05) is 0 Å². The zero-order valence-corrected chi connectivity index (χ0v) is 13.4. The van der Waals surface area contributed by atoms with E-state index >= 15 is 0 Å². The lowest BCUT2D eigenvalue weighted by atomic mass is 9.89. The summed E-state index contributed by atoms with van der Waals surface area (Å²) in [4.78, 5) is 2.64. The van der Waals surface area contributed by atoms with Gasteiger partial charge in [-0.2, -0.15) is 5.26 Å². The lowest BCUT2D eigenvalue weighted by Crippen LogP contribution is -2.26. The molecule has 1 rings (SSSR count). The Hall–Kier alpha value is -0.550. The molecule has 1 atom stereocenters. The Kier molecular flexibility index (Phi) is 6.86. The van der Waals surface area contributed by atoms with E-state index in [2.05, 4.69) is 24.8 Å². The van der Waals surface area contributed by atoms with Gasteiger partial charge in [-0.1, -0.05) is 20.3 Å². The fraction of sp³-hybridized carbons (Fsp3) is 0.941. The van der Waals surface area contributed by atoms with Gasteiger partial charge >= 0.3 is 0 Å². The van der Waals surface area contributed by atoms with E-state index in [1.807, 2.05) is 13.8 Å². The van der Waals surface area contributed by atoms with Crippen molar-refractivity contribution in [2.24, 2.45) is 17.3 Å². The highest BCUT2D eigenvalue weighted by Crippen LogP contribution is 2.25. The molecule has 1 aliphatic rings. The lowest BCUT2D eigenvalue weighted by Gasteiger charge is -2.22. The van der Waals surface area contributed by atoms with Crippen LogP contribution >= 0.6 is 0 Å². The van der Waals surface area contributed by atoms with Crippen molar-refractivity contribution in [3.05, 3.63) is 0 Å². The van der Waals surface area contributed by atoms with E-state index in [0.717, 1.165) is 18.3 Å². The van der Waals surface area contributed by atoms with Gasteiger partial charge in [0.2, 0.25) is 0 Å². The van der Waals surface area contributed by atoms with E-state index in [4.69, 9.17) is 5.26 Å². The van der Waals surface area contributed by atoms with Gasteiger partial charge in [-0.25, -0.2) is 0 Å². The third-order valence-electron chi connectivity index (χ3n) is 4.64. The number of nitrogens with zero attached hydrogens (tertiary/aromatic N) is 2. The molecule has 0 N–H and O–H groups in total. The molecule has 1 saturated heterocycles. The van der Waals surface area contributed by atoms with Crippen LogP contribution in [0.4, 0.5) is 0 Å². The molecule has 1 aliphatic heterocycles. The lowest BCUT2D eigenvalue weighted by molar-refractivity contribution is 0.262. The summed E-state index contributed by atoms with van der Waals surface area (Å²) in [6.45, 7) is 12.6. The van der Waals surface area contributed by atoms with Crippen LogP contribution in [0.5, 0.6) is 0 Å². The maximum absolute atomic E-state index is 9.00. The molecule has 0 aliphatic carbocycles. The number of likely N-dealkylation sites (tertiary alicyclic amines) is 1. The van der Waals surface area contributed by atoms with Gasteiger partial charge in [0.25, 0.3) is 0 Å². The molecule has 0 spiro atoms. The van der Waals surface area contributed by atoms with Crippen molar-refractivity contribution in [3.63, 3.8) is 0 Å². The molecule has 0 aromatic rings. The summed E-state index contributed by atoms with van der Waals surface area (Å²) in [7, 11) is 0. The predicted octanol–water partition coefficient (Wildman–Crippen LogP) is 4.46. The second-order valence-electron chi connectivity index (χ2n) is 7.23. The van der Waals surface area contributed by atoms with Gasteiger partial charge in [-0.3, -0.25) is 0 Å². The number of rotatable bonds is 6. The summed E-state index contributed by atoms with van der Waals surface area (Å²) in [5, 5.41) is 9.00. The highest BCUT2D eigenvalue weighted by Gasteiger charge is 2.20. The quantitative estimate of drug-likeness (QED) is 0.662. The molecule has 110 valence electrons. The van der Waals surface area contributed by atoms with Crippen LogP contribution in [0.1, 0.15) is 66.2 Å². The highest BCUT2D eigenvalue weighted by molar-refractivity contribution is 4.91. The zero-order valence-electron chi connectivity index (χ0n) is 13.4. The van der Waals surface area contributed by atoms with Crippen LogP contribution in [-0.2, 0) is 0 Å². The van der Waals surface area contributed by atoms with Gasteiger partial charge in [0.05, 0.1) is 11.5 Å². The minimum atomic E-state index is -0.137. The Morgan fingerprint density at radius 2 is 1.95 bits per heavy atom. The molecular formula is C17H32N2. The summed E-state index contributed by atoms with van der Waals surface area (Å²) in [6, 6.07) is 2.39. The molecule has 0 radical (unpaired) electrons. The third-order valence-corrected chi connectivity index (χ3v) is 4.64. The molecule has 1 unspecified atom stereocenters. The van der Waals surface area contributed by atoms with Crippen LogP contribution in [0.3, 0.4) is 0 Å². The van der Waals surface area contributed by atoms with E-state index < -0.39 is 0 Å². The fourth-order valence-corrected chi connectivity index (χ4v) is 3.03. The number of nitriles is 1. The molecule has 19 heavy (non-hydrogen) atoms. The van der Waals surface area contributed by atoms with Crippen molar-refractivity contribution in [1.82, 2.24) is 4.90 Å². The first-order valence-corrected chi connectivity index (χ1v) is 8.08. The molecule has 0 aromatic heterocycles. The van der Waals surface area contributed by atoms with E-state index in [1.165, 1.54) is 51.7 Å². The highest BCUT2D eigenvalue weighted by atomic mass is 15.1. The Labute approximate surface area is 120 Å². The second-order valence-corrected chi connectivity index (χ2v) is 7.23. The Balaban J connectivity index is 2.19. The first-order valence-electron chi connectivity index (χ1n) is 8.08. The predicted molar refractivity (Wildman–Crippen MR) is 81.9 cm³/mol. The van der Waals surface area contributed by atoms with E-state index in [1.54, 1.807) is 0 Å². The molecule has 0 saturated carbocycles. The Morgan fingerprint density at radius 1 is 1.21 bits per heavy atom. The molecule has 0 bridgehead atoms. The van der Waals surface area contributed by atoms with Crippen LogP contribution in [0.25, 0.3) is 0 Å². The fourth-order valence-electron chi connectivity index (χ4n) is 3.03. The van der Waals surface area contributed by atoms with Crippen molar-refractivity contribution >= 4 is 0 Å². The number of unbranched alkanes of at least 4 members (excludes halogenated alkanes) is 1. The SMILES string of the molecule is CC(C)C1CCCN(CCCCC(C)(C)C#N)CC1. The van der Waals surface area contributed by atoms with Crippen molar-refractivity contribution in [3.8, 4) is 6.07 Å². The standard InChI is InChI=1S/C17H32N2/c1-15(2)16-8-7-12-19(13-9-16)11-6-5-10-17(3,4)14-18/h15-16H,5-13H2,1-4H3. The van der Waals surface area contributed by atoms with Gasteiger partial charge < -0.3 is 4.90 Å². The van der Waals surface area contributed by atoms with Crippen molar-refractivity contribution in [1.29, 1.82) is 5.26 Å². The first kappa shape index (κ1) is 16.5. The molecule has 0 amide bonds. The van der Waals surface area contributed by atoms with Crippen molar-refractivity contribution < 1.29 is 0 Å². The maximum atomic E-state index is 9.00. The summed E-state index contributed by atoms with van der Waals surface area (Å²) < 4.78 is 0. The van der Waals surface area contributed by atoms with Gasteiger partial charge in [0.15, 0.2) is 0 Å². The van der Waals surface area contributed by atoms with Crippen molar-refractivity contribution in [2.45, 2.75) is 66.2 Å². The topological polar surface area (TPSA) is 27.0 Å². The molecule has 1 fully saturated rings. The monoisotopic (exact) mass is 264 g/mol. The van der Waals surface area contributed by atoms with Crippen LogP contribution in [0, 0.1) is 28.6 Å². The average Bonchev–Trinajstić information content (AvgIpc) is 2.60. The summed E-state index contributed by atoms with van der Waals surface area (Å²) in [6.07, 6.45) is 7.62. The van der Waals surface area contributed by atoms with Crippen LogP contribution in [0.2, 0.25) is 0 Å². The molecular weight excluding hydrogens is 232 g/mol. The molecule has 2 nitrogen and oxygen atoms in total. The maximum Gasteiger partial charge on any atom is 0.0683 e. The van der Waals surface area contributed by atoms with Crippen molar-refractivity contribution in [2.75, 3.05) is 19.6 Å². The first-order chi connectivity index (χ1) is 8.94. The normalized spacial score (nSPS) is 22.2. The number of hydrogen-bond donors (Lipinski definition) is 0. The zero-order chi connectivity index (χ0) is 14.3. The minimum absolute atomic E-state index is 0.137. The van der Waals surface area contributed by atoms with Gasteiger partial charge in [-0.05, 0) is 77.4 Å². The van der Waals surface area contributed by atoms with E-state index in [0.29, 0.717) is 0 Å². The summed E-state index contributed by atoms with van der Waals surface area (Å²) in [5.74, 6) is 1.78. The Bertz CT molecular complexity index is 288. The largest absolute Gasteiger partial charge is 0.303 e. The Morgan fingerprint density at radius 3 is 2.58 bits per heavy atom. The van der Waals surface area contributed by atoms with Crippen LogP contribution in [0.15, 0.2) is 0 Å². The van der Waals surface area contributed by atoms with E-state index in [-0.39, 0.29) is 5.41 Å². The van der Waals surface area contributed by atoms with Crippen LogP contribution < -0.4 is 0 Å². The average molecular weight is 264 g/mol. The molecule has 2 heteroatoms. The third kappa shape index (κ3) is 6.43.